The standard InChI is InChI=1S/C13H12BrN3O/c14-11-4-2-1-3-9(11)7-13(18)17-12-8-10(15)5-6-16-12/h1-6,8H,7H2,(H3,15,16,17,18). The van der Waals surface area contributed by atoms with E-state index >= 15 is 0 Å². The first-order valence-electron chi connectivity index (χ1n) is 5.40. The second kappa shape index (κ2) is 5.64. The molecule has 0 bridgehead atoms. The van der Waals surface area contributed by atoms with Crippen LogP contribution in [-0.4, -0.2) is 10.9 Å². The van der Waals surface area contributed by atoms with Crippen LogP contribution in [0.5, 0.6) is 0 Å². The molecule has 1 aromatic heterocycles. The Hall–Kier alpha value is -1.88. The minimum Gasteiger partial charge on any atom is -0.399 e. The van der Waals surface area contributed by atoms with Gasteiger partial charge in [-0.15, -0.1) is 0 Å². The maximum Gasteiger partial charge on any atom is 0.229 e. The molecule has 3 N–H and O–H groups in total. The van der Waals surface area contributed by atoms with Crippen LogP contribution in [0.25, 0.3) is 0 Å². The average molecular weight is 306 g/mol. The number of carbonyl (C=O) groups is 1. The summed E-state index contributed by atoms with van der Waals surface area (Å²) in [4.78, 5) is 15.9. The van der Waals surface area contributed by atoms with Gasteiger partial charge in [-0.1, -0.05) is 34.1 Å². The van der Waals surface area contributed by atoms with Crippen LogP contribution >= 0.6 is 15.9 Å². The number of nitrogens with one attached hydrogen (secondary N) is 1. The van der Waals surface area contributed by atoms with Crippen LogP contribution in [0.4, 0.5) is 11.5 Å². The van der Waals surface area contributed by atoms with Crippen molar-refractivity contribution < 1.29 is 4.79 Å². The molecule has 4 nitrogen and oxygen atoms in total. The van der Waals surface area contributed by atoms with Gasteiger partial charge >= 0.3 is 0 Å². The predicted molar refractivity (Wildman–Crippen MR) is 75.1 cm³/mol. The van der Waals surface area contributed by atoms with Crippen LogP contribution in [0, 0.1) is 0 Å². The quantitative estimate of drug-likeness (QED) is 0.916. The fraction of sp³-hybridized carbons (Fsp3) is 0.0769. The molecule has 0 aliphatic heterocycles. The van der Waals surface area contributed by atoms with Gasteiger partial charge in [0.15, 0.2) is 0 Å². The van der Waals surface area contributed by atoms with Crippen LogP contribution in [0.15, 0.2) is 47.1 Å². The number of hydrogen-bond acceptors (Lipinski definition) is 3. The molecule has 5 heteroatoms. The first-order chi connectivity index (χ1) is 8.65. The van der Waals surface area contributed by atoms with E-state index in [9.17, 15) is 4.79 Å². The van der Waals surface area contributed by atoms with E-state index in [1.54, 1.807) is 18.3 Å². The molecular weight excluding hydrogens is 294 g/mol. The van der Waals surface area contributed by atoms with E-state index in [1.807, 2.05) is 24.3 Å². The van der Waals surface area contributed by atoms with Crippen LogP contribution in [0.1, 0.15) is 5.56 Å². The van der Waals surface area contributed by atoms with Crippen LogP contribution in [0.3, 0.4) is 0 Å². The molecule has 1 heterocycles. The van der Waals surface area contributed by atoms with Crippen molar-refractivity contribution in [2.75, 3.05) is 11.1 Å². The number of nitrogen functional groups attached to an aromatic ring is 1. The van der Waals surface area contributed by atoms with E-state index in [0.717, 1.165) is 10.0 Å². The van der Waals surface area contributed by atoms with Gasteiger partial charge in [-0.05, 0) is 17.7 Å². The maximum absolute atomic E-state index is 11.8. The third-order valence-electron chi connectivity index (χ3n) is 2.36. The zero-order valence-corrected chi connectivity index (χ0v) is 11.1. The van der Waals surface area contributed by atoms with Crippen molar-refractivity contribution in [1.29, 1.82) is 0 Å². The second-order valence-electron chi connectivity index (χ2n) is 3.79. The summed E-state index contributed by atoms with van der Waals surface area (Å²) in [5, 5.41) is 2.71. The normalized spacial score (nSPS) is 10.1. The molecule has 1 amide bonds. The minimum absolute atomic E-state index is 0.125. The Balaban J connectivity index is 2.03. The third kappa shape index (κ3) is 3.30. The van der Waals surface area contributed by atoms with Crippen LogP contribution in [0.2, 0.25) is 0 Å². The van der Waals surface area contributed by atoms with E-state index in [0.29, 0.717) is 11.5 Å². The lowest BCUT2D eigenvalue weighted by molar-refractivity contribution is -0.115. The molecule has 0 aliphatic carbocycles. The summed E-state index contributed by atoms with van der Waals surface area (Å²) in [5.41, 5.74) is 7.11. The highest BCUT2D eigenvalue weighted by atomic mass is 79.9. The third-order valence-corrected chi connectivity index (χ3v) is 3.13. The van der Waals surface area contributed by atoms with E-state index in [-0.39, 0.29) is 12.3 Å². The number of aromatic nitrogens is 1. The zero-order chi connectivity index (χ0) is 13.0. The predicted octanol–water partition coefficient (Wildman–Crippen LogP) is 2.61. The highest BCUT2D eigenvalue weighted by molar-refractivity contribution is 9.10. The Morgan fingerprint density at radius 1 is 1.33 bits per heavy atom. The first-order valence-corrected chi connectivity index (χ1v) is 6.19. The molecule has 0 aliphatic rings. The number of nitrogens with zero attached hydrogens (tertiary/aromatic N) is 1. The molecule has 0 spiro atoms. The van der Waals surface area contributed by atoms with Crippen molar-refractivity contribution >= 4 is 33.3 Å². The number of rotatable bonds is 3. The molecular formula is C13H12BrN3O. The first kappa shape index (κ1) is 12.6. The summed E-state index contributed by atoms with van der Waals surface area (Å²) in [6.45, 7) is 0. The van der Waals surface area contributed by atoms with Crippen molar-refractivity contribution in [3.05, 3.63) is 52.6 Å². The van der Waals surface area contributed by atoms with Crippen LogP contribution < -0.4 is 11.1 Å². The summed E-state index contributed by atoms with van der Waals surface area (Å²) in [5.74, 6) is 0.340. The Kier molecular flexibility index (Phi) is 3.94. The molecule has 0 saturated heterocycles. The fourth-order valence-electron chi connectivity index (χ4n) is 1.52. The molecule has 0 atom stereocenters. The highest BCUT2D eigenvalue weighted by Crippen LogP contribution is 2.17. The second-order valence-corrected chi connectivity index (χ2v) is 4.65. The lowest BCUT2D eigenvalue weighted by Crippen LogP contribution is -2.15. The van der Waals surface area contributed by atoms with Gasteiger partial charge in [0, 0.05) is 22.4 Å². The Bertz CT molecular complexity index is 572. The number of hydrogen-bond donors (Lipinski definition) is 2. The van der Waals surface area contributed by atoms with E-state index in [1.165, 1.54) is 0 Å². The highest BCUT2D eigenvalue weighted by Gasteiger charge is 2.07. The molecule has 18 heavy (non-hydrogen) atoms. The number of benzene rings is 1. The number of pyridine rings is 1. The number of halogens is 1. The van der Waals surface area contributed by atoms with Gasteiger partial charge in [-0.2, -0.15) is 0 Å². The molecule has 2 aromatic rings. The maximum atomic E-state index is 11.8. The molecule has 0 radical (unpaired) electrons. The molecule has 0 unspecified atom stereocenters. The lowest BCUT2D eigenvalue weighted by atomic mass is 10.1. The Morgan fingerprint density at radius 2 is 2.11 bits per heavy atom. The van der Waals surface area contributed by atoms with Crippen molar-refractivity contribution in [2.45, 2.75) is 6.42 Å². The van der Waals surface area contributed by atoms with Gasteiger partial charge < -0.3 is 11.1 Å². The summed E-state index contributed by atoms with van der Waals surface area (Å²) >= 11 is 3.41. The van der Waals surface area contributed by atoms with Gasteiger partial charge in [0.25, 0.3) is 0 Å². The summed E-state index contributed by atoms with van der Waals surface area (Å²) < 4.78 is 0.917. The van der Waals surface area contributed by atoms with Gasteiger partial charge in [-0.3, -0.25) is 4.79 Å². The molecule has 2 rings (SSSR count). The number of amides is 1. The van der Waals surface area contributed by atoms with Crippen molar-refractivity contribution in [1.82, 2.24) is 4.98 Å². The zero-order valence-electron chi connectivity index (χ0n) is 9.56. The van der Waals surface area contributed by atoms with Crippen molar-refractivity contribution in [3.8, 4) is 0 Å². The van der Waals surface area contributed by atoms with Gasteiger partial charge in [-0.25, -0.2) is 4.98 Å². The van der Waals surface area contributed by atoms with Crippen LogP contribution in [-0.2, 0) is 11.2 Å². The summed E-state index contributed by atoms with van der Waals surface area (Å²) in [6.07, 6.45) is 1.85. The van der Waals surface area contributed by atoms with Gasteiger partial charge in [0.05, 0.1) is 6.42 Å². The molecule has 0 fully saturated rings. The average Bonchev–Trinajstić information content (AvgIpc) is 2.32. The SMILES string of the molecule is Nc1ccnc(NC(=O)Cc2ccccc2Br)c1. The summed E-state index contributed by atoms with van der Waals surface area (Å²) in [6, 6.07) is 10.9. The number of anilines is 2. The molecule has 1 aromatic carbocycles. The van der Waals surface area contributed by atoms with E-state index in [4.69, 9.17) is 5.73 Å². The fourth-order valence-corrected chi connectivity index (χ4v) is 1.94. The van der Waals surface area contributed by atoms with Crippen molar-refractivity contribution in [3.63, 3.8) is 0 Å². The smallest absolute Gasteiger partial charge is 0.229 e. The monoisotopic (exact) mass is 305 g/mol. The lowest BCUT2D eigenvalue weighted by Gasteiger charge is -2.06. The minimum atomic E-state index is -0.125. The van der Waals surface area contributed by atoms with Gasteiger partial charge in [0.1, 0.15) is 5.82 Å². The topological polar surface area (TPSA) is 68.0 Å². The largest absolute Gasteiger partial charge is 0.399 e. The Morgan fingerprint density at radius 3 is 2.83 bits per heavy atom. The number of nitrogens with two attached hydrogens (primary N) is 1. The molecule has 92 valence electrons. The molecule has 0 saturated carbocycles. The van der Waals surface area contributed by atoms with E-state index in [2.05, 4.69) is 26.2 Å². The Labute approximate surface area is 113 Å². The van der Waals surface area contributed by atoms with Crippen molar-refractivity contribution in [2.24, 2.45) is 0 Å². The van der Waals surface area contributed by atoms with E-state index < -0.39 is 0 Å². The number of carbonyl (C=O) groups excluding carboxylic acids is 1. The summed E-state index contributed by atoms with van der Waals surface area (Å²) in [7, 11) is 0. The van der Waals surface area contributed by atoms with Gasteiger partial charge in [0.2, 0.25) is 5.91 Å².